The Balaban J connectivity index is 1.42. The minimum Gasteiger partial charge on any atom is -0.337 e. The summed E-state index contributed by atoms with van der Waals surface area (Å²) in [5, 5.41) is 0. The number of carbonyl (C=O) groups is 1. The van der Waals surface area contributed by atoms with Gasteiger partial charge in [-0.05, 0) is 57.5 Å². The maximum absolute atomic E-state index is 14.9. The third-order valence-electron chi connectivity index (χ3n) is 6.46. The van der Waals surface area contributed by atoms with Crippen LogP contribution in [0, 0.1) is 32.5 Å². The fourth-order valence-corrected chi connectivity index (χ4v) is 4.86. The average molecular weight is 432 g/mol. The number of aryl methyl sites for hydroxylation is 3. The molecule has 1 amide bonds. The molecular weight excluding hydrogens is 405 g/mol. The van der Waals surface area contributed by atoms with Crippen LogP contribution in [0.1, 0.15) is 33.9 Å². The van der Waals surface area contributed by atoms with Crippen molar-refractivity contribution in [3.05, 3.63) is 70.9 Å². The third-order valence-corrected chi connectivity index (χ3v) is 6.46. The smallest absolute Gasteiger partial charge is 0.254 e. The lowest BCUT2D eigenvalue weighted by atomic mass is 9.82. The molecule has 0 bridgehead atoms. The fraction of sp³-hybridized carbons (Fsp3) is 0.360. The highest BCUT2D eigenvalue weighted by Crippen LogP contribution is 2.36. The lowest BCUT2D eigenvalue weighted by molar-refractivity contribution is 0.0589. The predicted molar refractivity (Wildman–Crippen MR) is 121 cm³/mol. The highest BCUT2D eigenvalue weighted by atomic mass is 19.1. The molecule has 3 aromatic rings. The quantitative estimate of drug-likeness (QED) is 0.628. The van der Waals surface area contributed by atoms with E-state index in [1.54, 1.807) is 18.2 Å². The Morgan fingerprint density at radius 2 is 1.72 bits per heavy atom. The minimum absolute atomic E-state index is 0.158. The number of carbonyl (C=O) groups excluding carboxylic acids is 1. The molecule has 2 aliphatic rings. The van der Waals surface area contributed by atoms with Gasteiger partial charge in [0.05, 0.1) is 17.3 Å². The number of amides is 1. The number of anilines is 1. The Hall–Kier alpha value is -3.35. The van der Waals surface area contributed by atoms with Crippen LogP contribution in [0.2, 0.25) is 0 Å². The summed E-state index contributed by atoms with van der Waals surface area (Å²) in [4.78, 5) is 31.2. The van der Waals surface area contributed by atoms with Crippen LogP contribution in [0.3, 0.4) is 0 Å². The summed E-state index contributed by atoms with van der Waals surface area (Å²) in [6, 6.07) is 12.3. The van der Waals surface area contributed by atoms with Crippen LogP contribution in [-0.2, 0) is 0 Å². The average Bonchev–Trinajstić information content (AvgIpc) is 2.73. The topological polar surface area (TPSA) is 62.2 Å². The first kappa shape index (κ1) is 20.5. The van der Waals surface area contributed by atoms with E-state index in [0.29, 0.717) is 30.3 Å². The van der Waals surface area contributed by atoms with E-state index in [4.69, 9.17) is 0 Å². The summed E-state index contributed by atoms with van der Waals surface area (Å²) < 4.78 is 14.9. The zero-order chi connectivity index (χ0) is 22.4. The van der Waals surface area contributed by atoms with Crippen LogP contribution in [0.5, 0.6) is 0 Å². The molecule has 0 spiro atoms. The molecule has 0 N–H and O–H groups in total. The van der Waals surface area contributed by atoms with Crippen molar-refractivity contribution in [1.82, 2.24) is 19.9 Å². The van der Waals surface area contributed by atoms with Crippen LogP contribution < -0.4 is 4.90 Å². The first-order valence-electron chi connectivity index (χ1n) is 11.0. The molecule has 0 radical (unpaired) electrons. The first-order valence-corrected chi connectivity index (χ1v) is 11.0. The first-order chi connectivity index (χ1) is 15.4. The number of aromatic nitrogens is 3. The molecule has 2 saturated heterocycles. The normalized spacial score (nSPS) is 20.0. The highest BCUT2D eigenvalue weighted by Gasteiger charge is 2.45. The summed E-state index contributed by atoms with van der Waals surface area (Å²) in [6.07, 6.45) is 0.922. The molecule has 2 fully saturated rings. The number of piperidine rings is 1. The second-order valence-electron chi connectivity index (χ2n) is 8.80. The van der Waals surface area contributed by atoms with Crippen molar-refractivity contribution in [3.63, 3.8) is 0 Å². The second-order valence-corrected chi connectivity index (χ2v) is 8.80. The fourth-order valence-electron chi connectivity index (χ4n) is 4.86. The second kappa shape index (κ2) is 7.97. The van der Waals surface area contributed by atoms with E-state index in [0.717, 1.165) is 36.0 Å². The molecule has 2 aromatic heterocycles. The molecule has 32 heavy (non-hydrogen) atoms. The number of likely N-dealkylation sites (tertiary alicyclic amines) is 1. The number of fused-ring (bicyclic) bond motifs is 1. The molecule has 4 heterocycles. The molecule has 1 aromatic carbocycles. The largest absolute Gasteiger partial charge is 0.337 e. The standard InChI is InChI=1S/C25H26FN5O/c1-15-6-4-9-21(27-15)23-19(7-5-8-20(23)26)24(32)30-11-10-18-13-31(22(18)14-30)25-28-16(2)12-17(3)29-25/h4-9,12,18,22H,10-11,13-14H2,1-3H3. The number of halogens is 1. The summed E-state index contributed by atoms with van der Waals surface area (Å²) >= 11 is 0. The maximum atomic E-state index is 14.9. The van der Waals surface area contributed by atoms with Gasteiger partial charge in [0.2, 0.25) is 5.95 Å². The molecule has 6 nitrogen and oxygen atoms in total. The SMILES string of the molecule is Cc1cccc(-c2c(F)cccc2C(=O)N2CCC3CN(c4nc(C)cc(C)n4)C3C2)n1. The Labute approximate surface area is 187 Å². The minimum atomic E-state index is -0.433. The van der Waals surface area contributed by atoms with Crippen molar-refractivity contribution in [2.24, 2.45) is 5.92 Å². The van der Waals surface area contributed by atoms with Gasteiger partial charge in [-0.2, -0.15) is 0 Å². The Morgan fingerprint density at radius 3 is 2.47 bits per heavy atom. The van der Waals surface area contributed by atoms with Gasteiger partial charge in [-0.25, -0.2) is 14.4 Å². The van der Waals surface area contributed by atoms with Crippen molar-refractivity contribution in [3.8, 4) is 11.3 Å². The summed E-state index contributed by atoms with van der Waals surface area (Å²) in [7, 11) is 0. The zero-order valence-corrected chi connectivity index (χ0v) is 18.5. The third kappa shape index (κ3) is 3.61. The number of nitrogens with zero attached hydrogens (tertiary/aromatic N) is 5. The summed E-state index contributed by atoms with van der Waals surface area (Å²) in [5.74, 6) is 0.662. The molecular formula is C25H26FN5O. The lowest BCUT2D eigenvalue weighted by Crippen LogP contribution is -2.65. The summed E-state index contributed by atoms with van der Waals surface area (Å²) in [5.41, 5.74) is 3.77. The van der Waals surface area contributed by atoms with Crippen LogP contribution in [0.15, 0.2) is 42.5 Å². The Morgan fingerprint density at radius 1 is 0.969 bits per heavy atom. The number of rotatable bonds is 3. The van der Waals surface area contributed by atoms with Gasteiger partial charge in [-0.15, -0.1) is 0 Å². The Bertz CT molecular complexity index is 1180. The summed E-state index contributed by atoms with van der Waals surface area (Å²) in [6.45, 7) is 7.95. The van der Waals surface area contributed by atoms with Crippen LogP contribution >= 0.6 is 0 Å². The van der Waals surface area contributed by atoms with Gasteiger partial charge in [0.1, 0.15) is 5.82 Å². The van der Waals surface area contributed by atoms with Gasteiger partial charge in [0, 0.05) is 48.2 Å². The van der Waals surface area contributed by atoms with Gasteiger partial charge < -0.3 is 9.80 Å². The zero-order valence-electron chi connectivity index (χ0n) is 18.5. The number of benzene rings is 1. The molecule has 0 saturated carbocycles. The van der Waals surface area contributed by atoms with E-state index < -0.39 is 5.82 Å². The van der Waals surface area contributed by atoms with Crippen molar-refractivity contribution < 1.29 is 9.18 Å². The number of hydrogen-bond donors (Lipinski definition) is 0. The molecule has 2 atom stereocenters. The van der Waals surface area contributed by atoms with E-state index in [9.17, 15) is 9.18 Å². The van der Waals surface area contributed by atoms with Crippen LogP contribution in [-0.4, -0.2) is 51.4 Å². The number of hydrogen-bond acceptors (Lipinski definition) is 5. The van der Waals surface area contributed by atoms with Crippen molar-refractivity contribution in [2.45, 2.75) is 33.2 Å². The lowest BCUT2D eigenvalue weighted by Gasteiger charge is -2.53. The van der Waals surface area contributed by atoms with Gasteiger partial charge in [0.25, 0.3) is 5.91 Å². The van der Waals surface area contributed by atoms with E-state index in [1.165, 1.54) is 6.07 Å². The van der Waals surface area contributed by atoms with Gasteiger partial charge in [-0.1, -0.05) is 12.1 Å². The molecule has 7 heteroatoms. The van der Waals surface area contributed by atoms with Crippen molar-refractivity contribution >= 4 is 11.9 Å². The Kier molecular flexibility index (Phi) is 5.12. The highest BCUT2D eigenvalue weighted by molar-refractivity contribution is 6.00. The molecule has 2 aliphatic heterocycles. The monoisotopic (exact) mass is 431 g/mol. The molecule has 0 aliphatic carbocycles. The van der Waals surface area contributed by atoms with E-state index in [-0.39, 0.29) is 17.5 Å². The number of pyridine rings is 1. The predicted octanol–water partition coefficient (Wildman–Crippen LogP) is 3.95. The van der Waals surface area contributed by atoms with Gasteiger partial charge in [0.15, 0.2) is 0 Å². The van der Waals surface area contributed by atoms with Crippen LogP contribution in [0.4, 0.5) is 10.3 Å². The van der Waals surface area contributed by atoms with Gasteiger partial charge in [-0.3, -0.25) is 9.78 Å². The molecule has 164 valence electrons. The van der Waals surface area contributed by atoms with Crippen molar-refractivity contribution in [1.29, 1.82) is 0 Å². The van der Waals surface area contributed by atoms with Crippen LogP contribution in [0.25, 0.3) is 11.3 Å². The van der Waals surface area contributed by atoms with E-state index in [1.807, 2.05) is 43.9 Å². The molecule has 2 unspecified atom stereocenters. The van der Waals surface area contributed by atoms with E-state index >= 15 is 0 Å². The van der Waals surface area contributed by atoms with Gasteiger partial charge >= 0.3 is 0 Å². The van der Waals surface area contributed by atoms with E-state index in [2.05, 4.69) is 19.9 Å². The molecule has 5 rings (SSSR count). The van der Waals surface area contributed by atoms with Crippen molar-refractivity contribution in [2.75, 3.05) is 24.5 Å². The maximum Gasteiger partial charge on any atom is 0.254 e.